The summed E-state index contributed by atoms with van der Waals surface area (Å²) in [6.07, 6.45) is 0. The number of amides is 1. The van der Waals surface area contributed by atoms with Crippen molar-refractivity contribution < 1.29 is 14.3 Å². The molecule has 0 heterocycles. The molecule has 2 aromatic carbocycles. The van der Waals surface area contributed by atoms with E-state index in [1.807, 2.05) is 25.1 Å². The molecule has 0 saturated carbocycles. The fourth-order valence-corrected chi connectivity index (χ4v) is 2.85. The smallest absolute Gasteiger partial charge is 0.258 e. The molecule has 0 unspecified atom stereocenters. The van der Waals surface area contributed by atoms with Gasteiger partial charge in [0.1, 0.15) is 18.1 Å². The normalized spacial score (nSPS) is 11.4. The van der Waals surface area contributed by atoms with Crippen molar-refractivity contribution in [2.45, 2.75) is 52.9 Å². The lowest BCUT2D eigenvalue weighted by molar-refractivity contribution is -0.123. The van der Waals surface area contributed by atoms with Crippen LogP contribution in [0, 0.1) is 6.92 Å². The predicted octanol–water partition coefficient (Wildman–Crippen LogP) is 4.99. The van der Waals surface area contributed by atoms with Crippen molar-refractivity contribution in [3.8, 4) is 11.5 Å². The Bertz CT molecular complexity index is 773. The molecule has 28 heavy (non-hydrogen) atoms. The second-order valence-electron chi connectivity index (χ2n) is 8.46. The van der Waals surface area contributed by atoms with Gasteiger partial charge in [-0.15, -0.1) is 0 Å². The molecule has 2 aromatic rings. The van der Waals surface area contributed by atoms with Crippen molar-refractivity contribution in [2.24, 2.45) is 0 Å². The third-order valence-corrected chi connectivity index (χ3v) is 4.56. The van der Waals surface area contributed by atoms with Crippen LogP contribution < -0.4 is 14.8 Å². The molecule has 0 bridgehead atoms. The van der Waals surface area contributed by atoms with E-state index >= 15 is 0 Å². The monoisotopic (exact) mass is 383 g/mol. The average Bonchev–Trinajstić information content (AvgIpc) is 2.63. The van der Waals surface area contributed by atoms with E-state index in [1.165, 1.54) is 5.56 Å². The molecule has 0 aliphatic heterocycles. The summed E-state index contributed by atoms with van der Waals surface area (Å²) in [4.78, 5) is 12.1. The second-order valence-corrected chi connectivity index (χ2v) is 8.46. The van der Waals surface area contributed by atoms with Crippen molar-refractivity contribution in [3.05, 3.63) is 59.2 Å². The molecule has 0 saturated heterocycles. The third-order valence-electron chi connectivity index (χ3n) is 4.56. The van der Waals surface area contributed by atoms with Crippen LogP contribution in [-0.4, -0.2) is 25.7 Å². The molecule has 0 aliphatic carbocycles. The molecule has 4 heteroatoms. The molecular formula is C24H33NO3. The molecule has 2 rings (SSSR count). The minimum absolute atomic E-state index is 0.00343. The summed E-state index contributed by atoms with van der Waals surface area (Å²) in [6, 6.07) is 14.2. The minimum Gasteiger partial charge on any atom is -0.492 e. The summed E-state index contributed by atoms with van der Waals surface area (Å²) in [5.74, 6) is 1.78. The molecular weight excluding hydrogens is 350 g/mol. The molecule has 0 atom stereocenters. The largest absolute Gasteiger partial charge is 0.492 e. The Balaban J connectivity index is 1.74. The zero-order valence-corrected chi connectivity index (χ0v) is 18.0. The lowest BCUT2D eigenvalue weighted by Gasteiger charge is -2.19. The van der Waals surface area contributed by atoms with E-state index in [1.54, 1.807) is 0 Å². The Labute approximate surface area is 169 Å². The number of carbonyl (C=O) groups excluding carboxylic acids is 1. The summed E-state index contributed by atoms with van der Waals surface area (Å²) in [7, 11) is 0. The Kier molecular flexibility index (Phi) is 7.50. The van der Waals surface area contributed by atoms with Gasteiger partial charge in [-0.25, -0.2) is 0 Å². The Morgan fingerprint density at radius 2 is 1.71 bits per heavy atom. The van der Waals surface area contributed by atoms with Crippen molar-refractivity contribution >= 4 is 5.91 Å². The van der Waals surface area contributed by atoms with Gasteiger partial charge in [-0.2, -0.15) is 0 Å². The van der Waals surface area contributed by atoms with Gasteiger partial charge in [-0.05, 0) is 53.1 Å². The number of nitrogens with one attached hydrogen (secondary N) is 1. The number of aryl methyl sites for hydroxylation is 1. The van der Waals surface area contributed by atoms with Gasteiger partial charge in [-0.3, -0.25) is 4.79 Å². The summed E-state index contributed by atoms with van der Waals surface area (Å²) in [5, 5.41) is 2.83. The SMILES string of the molecule is Cc1ccc(C(C)C)c(OCC(=O)NCCOc2ccc(C(C)(C)C)cc2)c1. The minimum atomic E-state index is -0.150. The first-order chi connectivity index (χ1) is 13.2. The van der Waals surface area contributed by atoms with Crippen molar-refractivity contribution in [1.82, 2.24) is 5.32 Å². The predicted molar refractivity (Wildman–Crippen MR) is 114 cm³/mol. The number of hydrogen-bond acceptors (Lipinski definition) is 3. The molecule has 0 aromatic heterocycles. The van der Waals surface area contributed by atoms with Crippen molar-refractivity contribution in [1.29, 1.82) is 0 Å². The summed E-state index contributed by atoms with van der Waals surface area (Å²) < 4.78 is 11.4. The Morgan fingerprint density at radius 3 is 2.32 bits per heavy atom. The quantitative estimate of drug-likeness (QED) is 0.653. The fourth-order valence-electron chi connectivity index (χ4n) is 2.85. The van der Waals surface area contributed by atoms with E-state index in [2.05, 4.69) is 64.2 Å². The molecule has 152 valence electrons. The van der Waals surface area contributed by atoms with Crippen LogP contribution in [-0.2, 0) is 10.2 Å². The van der Waals surface area contributed by atoms with E-state index in [0.717, 1.165) is 22.6 Å². The summed E-state index contributed by atoms with van der Waals surface area (Å²) >= 11 is 0. The summed E-state index contributed by atoms with van der Waals surface area (Å²) in [6.45, 7) is 13.7. The maximum atomic E-state index is 12.1. The summed E-state index contributed by atoms with van der Waals surface area (Å²) in [5.41, 5.74) is 3.62. The number of carbonyl (C=O) groups is 1. The van der Waals surface area contributed by atoms with Crippen molar-refractivity contribution in [3.63, 3.8) is 0 Å². The van der Waals surface area contributed by atoms with Crippen LogP contribution in [0.15, 0.2) is 42.5 Å². The molecule has 1 N–H and O–H groups in total. The lowest BCUT2D eigenvalue weighted by Crippen LogP contribution is -2.32. The first kappa shape index (κ1) is 21.8. The third kappa shape index (κ3) is 6.59. The maximum absolute atomic E-state index is 12.1. The second kappa shape index (κ2) is 9.63. The van der Waals surface area contributed by atoms with Crippen molar-refractivity contribution in [2.75, 3.05) is 19.8 Å². The highest BCUT2D eigenvalue weighted by atomic mass is 16.5. The number of rotatable bonds is 8. The molecule has 0 fully saturated rings. The Hall–Kier alpha value is -2.49. The average molecular weight is 384 g/mol. The molecule has 0 spiro atoms. The van der Waals surface area contributed by atoms with E-state index in [-0.39, 0.29) is 17.9 Å². The van der Waals surface area contributed by atoms with Gasteiger partial charge in [0.15, 0.2) is 6.61 Å². The standard InChI is InChI=1S/C24H33NO3/c1-17(2)21-12-7-18(3)15-22(21)28-16-23(26)25-13-14-27-20-10-8-19(9-11-20)24(4,5)6/h7-12,15,17H,13-14,16H2,1-6H3,(H,25,26). The van der Waals surface area contributed by atoms with Gasteiger partial charge in [0.05, 0.1) is 6.54 Å². The van der Waals surface area contributed by atoms with Crippen LogP contribution >= 0.6 is 0 Å². The zero-order chi connectivity index (χ0) is 20.7. The maximum Gasteiger partial charge on any atom is 0.258 e. The molecule has 1 amide bonds. The van der Waals surface area contributed by atoms with Gasteiger partial charge < -0.3 is 14.8 Å². The highest BCUT2D eigenvalue weighted by molar-refractivity contribution is 5.77. The van der Waals surface area contributed by atoms with Gasteiger partial charge in [0.2, 0.25) is 0 Å². The first-order valence-electron chi connectivity index (χ1n) is 9.90. The van der Waals surface area contributed by atoms with Crippen LogP contribution in [0.2, 0.25) is 0 Å². The van der Waals surface area contributed by atoms with E-state index in [9.17, 15) is 4.79 Å². The topological polar surface area (TPSA) is 47.6 Å². The fraction of sp³-hybridized carbons (Fsp3) is 0.458. The highest BCUT2D eigenvalue weighted by Gasteiger charge is 2.13. The first-order valence-corrected chi connectivity index (χ1v) is 9.90. The van der Waals surface area contributed by atoms with E-state index in [0.29, 0.717) is 19.1 Å². The zero-order valence-electron chi connectivity index (χ0n) is 18.0. The van der Waals surface area contributed by atoms with Crippen LogP contribution in [0.5, 0.6) is 11.5 Å². The highest BCUT2D eigenvalue weighted by Crippen LogP contribution is 2.27. The van der Waals surface area contributed by atoms with Crippen LogP contribution in [0.3, 0.4) is 0 Å². The van der Waals surface area contributed by atoms with Crippen LogP contribution in [0.25, 0.3) is 0 Å². The van der Waals surface area contributed by atoms with Gasteiger partial charge in [0, 0.05) is 0 Å². The van der Waals surface area contributed by atoms with Crippen LogP contribution in [0.1, 0.15) is 57.2 Å². The molecule has 0 aliphatic rings. The van der Waals surface area contributed by atoms with E-state index < -0.39 is 0 Å². The van der Waals surface area contributed by atoms with Gasteiger partial charge in [0.25, 0.3) is 5.91 Å². The van der Waals surface area contributed by atoms with Gasteiger partial charge in [-0.1, -0.05) is 58.9 Å². The lowest BCUT2D eigenvalue weighted by atomic mass is 9.87. The number of ether oxygens (including phenoxy) is 2. The molecule has 0 radical (unpaired) electrons. The Morgan fingerprint density at radius 1 is 1.04 bits per heavy atom. The van der Waals surface area contributed by atoms with E-state index in [4.69, 9.17) is 9.47 Å². The molecule has 4 nitrogen and oxygen atoms in total. The number of benzene rings is 2. The number of hydrogen-bond donors (Lipinski definition) is 1. The van der Waals surface area contributed by atoms with Gasteiger partial charge >= 0.3 is 0 Å². The van der Waals surface area contributed by atoms with Crippen LogP contribution in [0.4, 0.5) is 0 Å².